The van der Waals surface area contributed by atoms with Gasteiger partial charge in [-0.3, -0.25) is 19.8 Å². The lowest BCUT2D eigenvalue weighted by atomic mass is 10.0. The molecule has 2 amide bonds. The van der Waals surface area contributed by atoms with Crippen LogP contribution in [0.1, 0.15) is 22.0 Å². The number of amides is 2. The number of anilines is 2. The predicted octanol–water partition coefficient (Wildman–Crippen LogP) is 3.72. The van der Waals surface area contributed by atoms with Crippen LogP contribution >= 0.6 is 11.3 Å². The second-order valence-corrected chi connectivity index (χ2v) is 7.76. The van der Waals surface area contributed by atoms with Gasteiger partial charge in [0.05, 0.1) is 24.0 Å². The fourth-order valence-electron chi connectivity index (χ4n) is 3.34. The lowest BCUT2D eigenvalue weighted by Crippen LogP contribution is -2.46. The normalized spacial score (nSPS) is 14.3. The van der Waals surface area contributed by atoms with Gasteiger partial charge < -0.3 is 5.32 Å². The molecule has 0 radical (unpaired) electrons. The third kappa shape index (κ3) is 3.83. The number of nitrogens with zero attached hydrogens (tertiary/aromatic N) is 1. The number of carbonyl (C=O) groups excluding carboxylic acids is 2. The molecule has 0 spiro atoms. The van der Waals surface area contributed by atoms with Gasteiger partial charge in [-0.2, -0.15) is 0 Å². The molecule has 2 heterocycles. The van der Waals surface area contributed by atoms with Crippen molar-refractivity contribution in [1.29, 1.82) is 0 Å². The molecule has 3 aromatic rings. The van der Waals surface area contributed by atoms with Gasteiger partial charge in [-0.25, -0.2) is 0 Å². The van der Waals surface area contributed by atoms with Gasteiger partial charge in [0, 0.05) is 4.88 Å². The predicted molar refractivity (Wildman–Crippen MR) is 113 cm³/mol. The van der Waals surface area contributed by atoms with E-state index in [1.807, 2.05) is 29.6 Å². The molecule has 1 aliphatic heterocycles. The van der Waals surface area contributed by atoms with Crippen LogP contribution in [0.15, 0.2) is 66.0 Å². The number of aryl methyl sites for hydroxylation is 1. The Kier molecular flexibility index (Phi) is 5.23. The zero-order chi connectivity index (χ0) is 19.5. The van der Waals surface area contributed by atoms with Crippen molar-refractivity contribution in [2.75, 3.05) is 23.3 Å². The fraction of sp³-hybridized carbons (Fsp3) is 0.182. The summed E-state index contributed by atoms with van der Waals surface area (Å²) in [6, 6.07) is 19.7. The van der Waals surface area contributed by atoms with E-state index in [-0.39, 0.29) is 30.9 Å². The Hall–Kier alpha value is -2.96. The topological polar surface area (TPSA) is 61.4 Å². The zero-order valence-electron chi connectivity index (χ0n) is 15.5. The van der Waals surface area contributed by atoms with Gasteiger partial charge in [0.15, 0.2) is 0 Å². The maximum atomic E-state index is 13.0. The Labute approximate surface area is 168 Å². The summed E-state index contributed by atoms with van der Waals surface area (Å²) in [5.41, 5.74) is 3.70. The molecule has 2 aromatic carbocycles. The lowest BCUT2D eigenvalue weighted by Gasteiger charge is -2.30. The minimum Gasteiger partial charge on any atom is -0.323 e. The first kappa shape index (κ1) is 18.4. The van der Waals surface area contributed by atoms with Crippen LogP contribution in [0, 0.1) is 6.92 Å². The van der Waals surface area contributed by atoms with Crippen molar-refractivity contribution in [3.63, 3.8) is 0 Å². The highest BCUT2D eigenvalue weighted by atomic mass is 32.1. The second kappa shape index (κ2) is 7.96. The van der Waals surface area contributed by atoms with Crippen LogP contribution in [0.4, 0.5) is 11.4 Å². The maximum absolute atomic E-state index is 13.0. The minimum absolute atomic E-state index is 0.0335. The average Bonchev–Trinajstić information content (AvgIpc) is 3.23. The van der Waals surface area contributed by atoms with Crippen LogP contribution in [0.3, 0.4) is 0 Å². The first-order valence-corrected chi connectivity index (χ1v) is 10.0. The number of hydrogen-bond acceptors (Lipinski definition) is 4. The molecule has 6 heteroatoms. The van der Waals surface area contributed by atoms with Crippen molar-refractivity contribution in [2.45, 2.75) is 13.0 Å². The highest BCUT2D eigenvalue weighted by molar-refractivity contribution is 7.10. The monoisotopic (exact) mass is 391 g/mol. The fourth-order valence-corrected chi connectivity index (χ4v) is 4.16. The standard InChI is InChI=1S/C22H21N3O2S/c1-15-8-10-16(11-9-15)22(19-7-4-12-28-19)23-13-21(27)25-14-20(26)24-17-5-2-3-6-18(17)25/h2-12,22-23H,13-14H2,1H3,(H,24,26)/t22-/m0/s1. The van der Waals surface area contributed by atoms with Crippen LogP contribution in [0.25, 0.3) is 0 Å². The van der Waals surface area contributed by atoms with Crippen LogP contribution in [0.2, 0.25) is 0 Å². The lowest BCUT2D eigenvalue weighted by molar-refractivity contribution is -0.121. The number of para-hydroxylation sites is 2. The zero-order valence-corrected chi connectivity index (χ0v) is 16.3. The van der Waals surface area contributed by atoms with E-state index >= 15 is 0 Å². The first-order valence-electron chi connectivity index (χ1n) is 9.14. The summed E-state index contributed by atoms with van der Waals surface area (Å²) in [5, 5.41) is 8.23. The molecule has 5 nitrogen and oxygen atoms in total. The van der Waals surface area contributed by atoms with Gasteiger partial charge in [-0.15, -0.1) is 11.3 Å². The van der Waals surface area contributed by atoms with Gasteiger partial charge in [0.1, 0.15) is 6.54 Å². The molecule has 0 fully saturated rings. The summed E-state index contributed by atoms with van der Waals surface area (Å²) < 4.78 is 0. The molecular weight excluding hydrogens is 370 g/mol. The Bertz CT molecular complexity index is 983. The maximum Gasteiger partial charge on any atom is 0.244 e. The summed E-state index contributed by atoms with van der Waals surface area (Å²) in [5.74, 6) is -0.309. The van der Waals surface area contributed by atoms with Crippen LogP contribution < -0.4 is 15.5 Å². The summed E-state index contributed by atoms with van der Waals surface area (Å²) in [7, 11) is 0. The van der Waals surface area contributed by atoms with Crippen molar-refractivity contribution in [3.8, 4) is 0 Å². The van der Waals surface area contributed by atoms with Gasteiger partial charge >= 0.3 is 0 Å². The number of benzene rings is 2. The highest BCUT2D eigenvalue weighted by Gasteiger charge is 2.27. The quantitative estimate of drug-likeness (QED) is 0.697. The summed E-state index contributed by atoms with van der Waals surface area (Å²) in [4.78, 5) is 27.6. The van der Waals surface area contributed by atoms with Crippen molar-refractivity contribution >= 4 is 34.5 Å². The molecule has 142 valence electrons. The van der Waals surface area contributed by atoms with Crippen LogP contribution in [-0.4, -0.2) is 24.9 Å². The minimum atomic E-state index is -0.180. The molecule has 4 rings (SSSR count). The number of nitrogens with one attached hydrogen (secondary N) is 2. The van der Waals surface area contributed by atoms with E-state index in [0.29, 0.717) is 5.69 Å². The van der Waals surface area contributed by atoms with Crippen molar-refractivity contribution in [2.24, 2.45) is 0 Å². The Balaban J connectivity index is 1.54. The molecule has 0 saturated heterocycles. The molecule has 1 aromatic heterocycles. The molecule has 0 saturated carbocycles. The van der Waals surface area contributed by atoms with Gasteiger partial charge in [0.25, 0.3) is 0 Å². The van der Waals surface area contributed by atoms with Crippen molar-refractivity contribution < 1.29 is 9.59 Å². The number of carbonyl (C=O) groups is 2. The largest absolute Gasteiger partial charge is 0.323 e. The Morgan fingerprint density at radius 2 is 1.93 bits per heavy atom. The van der Waals surface area contributed by atoms with E-state index in [1.165, 1.54) is 5.56 Å². The molecule has 0 unspecified atom stereocenters. The van der Waals surface area contributed by atoms with E-state index in [9.17, 15) is 9.59 Å². The molecule has 1 atom stereocenters. The van der Waals surface area contributed by atoms with E-state index in [2.05, 4.69) is 47.9 Å². The SMILES string of the molecule is Cc1ccc([C@H](NCC(=O)N2CC(=O)Nc3ccccc32)c2cccs2)cc1. The van der Waals surface area contributed by atoms with E-state index < -0.39 is 0 Å². The number of hydrogen-bond donors (Lipinski definition) is 2. The van der Waals surface area contributed by atoms with Crippen LogP contribution in [0.5, 0.6) is 0 Å². The second-order valence-electron chi connectivity index (χ2n) is 6.79. The van der Waals surface area contributed by atoms with Crippen molar-refractivity contribution in [1.82, 2.24) is 5.32 Å². The van der Waals surface area contributed by atoms with Gasteiger partial charge in [0.2, 0.25) is 11.8 Å². The third-order valence-corrected chi connectivity index (χ3v) is 5.70. The summed E-state index contributed by atoms with van der Waals surface area (Å²) in [6.45, 7) is 2.23. The first-order chi connectivity index (χ1) is 13.6. The Morgan fingerprint density at radius 1 is 1.14 bits per heavy atom. The molecule has 1 aliphatic rings. The Morgan fingerprint density at radius 3 is 2.68 bits per heavy atom. The summed E-state index contributed by atoms with van der Waals surface area (Å²) >= 11 is 1.65. The molecule has 0 bridgehead atoms. The average molecular weight is 391 g/mol. The molecule has 0 aliphatic carbocycles. The van der Waals surface area contributed by atoms with Crippen molar-refractivity contribution in [3.05, 3.63) is 82.0 Å². The number of rotatable bonds is 5. The van der Waals surface area contributed by atoms with E-state index in [0.717, 1.165) is 16.1 Å². The smallest absolute Gasteiger partial charge is 0.244 e. The van der Waals surface area contributed by atoms with Gasteiger partial charge in [-0.05, 0) is 36.1 Å². The highest BCUT2D eigenvalue weighted by Crippen LogP contribution is 2.29. The third-order valence-electron chi connectivity index (χ3n) is 4.77. The molecule has 2 N–H and O–H groups in total. The van der Waals surface area contributed by atoms with Crippen LogP contribution in [-0.2, 0) is 9.59 Å². The van der Waals surface area contributed by atoms with E-state index in [1.54, 1.807) is 22.3 Å². The van der Waals surface area contributed by atoms with E-state index in [4.69, 9.17) is 0 Å². The van der Waals surface area contributed by atoms with Gasteiger partial charge in [-0.1, -0.05) is 48.0 Å². The molecular formula is C22H21N3O2S. The number of thiophene rings is 1. The number of fused-ring (bicyclic) bond motifs is 1. The summed E-state index contributed by atoms with van der Waals surface area (Å²) in [6.07, 6.45) is 0. The molecule has 28 heavy (non-hydrogen) atoms.